The predicted molar refractivity (Wildman–Crippen MR) is 112 cm³/mol. The molecule has 0 radical (unpaired) electrons. The molecule has 0 aliphatic heterocycles. The normalized spacial score (nSPS) is 11.4. The molecule has 0 bridgehead atoms. The highest BCUT2D eigenvalue weighted by Crippen LogP contribution is 2.26. The Morgan fingerprint density at radius 1 is 1.07 bits per heavy atom. The molecule has 29 heavy (non-hydrogen) atoms. The summed E-state index contributed by atoms with van der Waals surface area (Å²) < 4.78 is 6.46. The van der Waals surface area contributed by atoms with Crippen molar-refractivity contribution in [3.63, 3.8) is 0 Å². The van der Waals surface area contributed by atoms with E-state index in [1.165, 1.54) is 28.9 Å². The summed E-state index contributed by atoms with van der Waals surface area (Å²) in [6.07, 6.45) is 3.01. The number of hydrogen-bond acceptors (Lipinski definition) is 5. The maximum absolute atomic E-state index is 13.2. The zero-order valence-electron chi connectivity index (χ0n) is 14.6. The van der Waals surface area contributed by atoms with E-state index >= 15 is 0 Å². The van der Waals surface area contributed by atoms with E-state index in [0.717, 1.165) is 0 Å². The van der Waals surface area contributed by atoms with Gasteiger partial charge in [0.15, 0.2) is 0 Å². The zero-order chi connectivity index (χ0) is 20.5. The second-order valence-corrected chi connectivity index (χ2v) is 6.83. The molecule has 0 unspecified atom stereocenters. The standard InChI is InChI=1S/C20H11Cl2N3O4/c21-12-5-8-15(22)17(11-12)24-18(9-6-13-7-10-19(29-13)25(27)28)23-16-4-2-1-3-14(16)20(24)26/h1-11H/b9-6+. The molecule has 2 aromatic carbocycles. The topological polar surface area (TPSA) is 91.2 Å². The molecule has 0 saturated heterocycles. The van der Waals surface area contributed by atoms with Crippen LogP contribution in [-0.4, -0.2) is 14.5 Å². The van der Waals surface area contributed by atoms with Crippen LogP contribution in [0.3, 0.4) is 0 Å². The van der Waals surface area contributed by atoms with Crippen molar-refractivity contribution in [1.29, 1.82) is 0 Å². The minimum absolute atomic E-state index is 0.239. The first-order valence-electron chi connectivity index (χ1n) is 8.33. The fraction of sp³-hybridized carbons (Fsp3) is 0. The Hall–Kier alpha value is -3.42. The van der Waals surface area contributed by atoms with E-state index in [1.807, 2.05) is 0 Å². The summed E-state index contributed by atoms with van der Waals surface area (Å²) in [5, 5.41) is 11.9. The van der Waals surface area contributed by atoms with Crippen molar-refractivity contribution in [2.75, 3.05) is 0 Å². The number of halogens is 2. The van der Waals surface area contributed by atoms with Gasteiger partial charge in [0, 0.05) is 5.02 Å². The number of fused-ring (bicyclic) bond motifs is 1. The molecule has 0 saturated carbocycles. The number of aromatic nitrogens is 2. The van der Waals surface area contributed by atoms with Crippen LogP contribution in [0.15, 0.2) is 63.8 Å². The van der Waals surface area contributed by atoms with E-state index in [-0.39, 0.29) is 23.0 Å². The number of hydrogen-bond donors (Lipinski definition) is 0. The Kier molecular flexibility index (Phi) is 4.92. The molecule has 144 valence electrons. The Labute approximate surface area is 173 Å². The third-order valence-electron chi connectivity index (χ3n) is 4.14. The van der Waals surface area contributed by atoms with Gasteiger partial charge in [-0.25, -0.2) is 4.98 Å². The number of nitro groups is 1. The molecule has 0 amide bonds. The van der Waals surface area contributed by atoms with Crippen molar-refractivity contribution in [2.24, 2.45) is 0 Å². The highest BCUT2D eigenvalue weighted by molar-refractivity contribution is 6.34. The van der Waals surface area contributed by atoms with Crippen LogP contribution in [-0.2, 0) is 0 Å². The molecular weight excluding hydrogens is 417 g/mol. The molecule has 4 rings (SSSR count). The Morgan fingerprint density at radius 2 is 1.86 bits per heavy atom. The van der Waals surface area contributed by atoms with Crippen molar-refractivity contribution in [2.45, 2.75) is 0 Å². The van der Waals surface area contributed by atoms with E-state index in [4.69, 9.17) is 27.6 Å². The quantitative estimate of drug-likeness (QED) is 0.322. The maximum atomic E-state index is 13.2. The lowest BCUT2D eigenvalue weighted by Gasteiger charge is -2.13. The molecule has 0 aliphatic rings. The highest BCUT2D eigenvalue weighted by atomic mass is 35.5. The van der Waals surface area contributed by atoms with Crippen molar-refractivity contribution < 1.29 is 9.34 Å². The second-order valence-electron chi connectivity index (χ2n) is 5.99. The van der Waals surface area contributed by atoms with Crippen molar-refractivity contribution >= 4 is 52.1 Å². The monoisotopic (exact) mass is 427 g/mol. The molecule has 0 aliphatic carbocycles. The minimum atomic E-state index is -0.632. The zero-order valence-corrected chi connectivity index (χ0v) is 16.1. The van der Waals surface area contributed by atoms with Gasteiger partial charge in [0.2, 0.25) is 0 Å². The molecule has 0 N–H and O–H groups in total. The summed E-state index contributed by atoms with van der Waals surface area (Å²) in [5.41, 5.74) is 0.536. The number of benzene rings is 2. The number of rotatable bonds is 4. The summed E-state index contributed by atoms with van der Waals surface area (Å²) in [6, 6.07) is 14.4. The molecule has 9 heteroatoms. The average Bonchev–Trinajstić information content (AvgIpc) is 3.18. The van der Waals surface area contributed by atoms with E-state index in [0.29, 0.717) is 26.6 Å². The average molecular weight is 428 g/mol. The van der Waals surface area contributed by atoms with Crippen LogP contribution in [0.25, 0.3) is 28.7 Å². The lowest BCUT2D eigenvalue weighted by molar-refractivity contribution is -0.402. The SMILES string of the molecule is O=c1c2ccccc2nc(/C=C/c2ccc([N+](=O)[O-])o2)n1-c1cc(Cl)ccc1Cl. The van der Waals surface area contributed by atoms with Crippen LogP contribution in [0, 0.1) is 10.1 Å². The van der Waals surface area contributed by atoms with Gasteiger partial charge in [-0.15, -0.1) is 0 Å². The van der Waals surface area contributed by atoms with Gasteiger partial charge in [-0.1, -0.05) is 35.3 Å². The summed E-state index contributed by atoms with van der Waals surface area (Å²) >= 11 is 12.4. The first-order chi connectivity index (χ1) is 13.9. The molecule has 2 heterocycles. The van der Waals surface area contributed by atoms with Crippen LogP contribution in [0.4, 0.5) is 5.88 Å². The molecule has 0 atom stereocenters. The maximum Gasteiger partial charge on any atom is 0.433 e. The van der Waals surface area contributed by atoms with Gasteiger partial charge in [0.25, 0.3) is 5.56 Å². The fourth-order valence-electron chi connectivity index (χ4n) is 2.84. The number of furan rings is 1. The third kappa shape index (κ3) is 3.65. The van der Waals surface area contributed by atoms with Gasteiger partial charge in [-0.2, -0.15) is 0 Å². The van der Waals surface area contributed by atoms with E-state index < -0.39 is 4.92 Å². The van der Waals surface area contributed by atoms with Gasteiger partial charge in [-0.3, -0.25) is 19.5 Å². The van der Waals surface area contributed by atoms with E-state index in [9.17, 15) is 14.9 Å². The number of nitrogens with zero attached hydrogens (tertiary/aromatic N) is 3. The first kappa shape index (κ1) is 18.9. The predicted octanol–water partition coefficient (Wildman–Crippen LogP) is 5.36. The van der Waals surface area contributed by atoms with Crippen molar-refractivity contribution in [3.8, 4) is 5.69 Å². The highest BCUT2D eigenvalue weighted by Gasteiger charge is 2.15. The summed E-state index contributed by atoms with van der Waals surface area (Å²) in [4.78, 5) is 27.9. The number of para-hydroxylation sites is 1. The Bertz CT molecular complexity index is 1340. The molecule has 0 spiro atoms. The minimum Gasteiger partial charge on any atom is -0.401 e. The van der Waals surface area contributed by atoms with Gasteiger partial charge in [0.1, 0.15) is 16.5 Å². The van der Waals surface area contributed by atoms with Gasteiger partial charge in [-0.05, 0) is 48.6 Å². The van der Waals surface area contributed by atoms with Gasteiger partial charge < -0.3 is 4.42 Å². The Morgan fingerprint density at radius 3 is 2.62 bits per heavy atom. The van der Waals surface area contributed by atoms with Gasteiger partial charge >= 0.3 is 5.88 Å². The largest absolute Gasteiger partial charge is 0.433 e. The summed E-state index contributed by atoms with van der Waals surface area (Å²) in [7, 11) is 0. The Balaban J connectivity index is 1.94. The van der Waals surface area contributed by atoms with Crippen LogP contribution in [0.2, 0.25) is 10.0 Å². The van der Waals surface area contributed by atoms with Crippen LogP contribution >= 0.6 is 23.2 Å². The lowest BCUT2D eigenvalue weighted by Crippen LogP contribution is -2.22. The first-order valence-corrected chi connectivity index (χ1v) is 9.09. The third-order valence-corrected chi connectivity index (χ3v) is 4.69. The summed E-state index contributed by atoms with van der Waals surface area (Å²) in [5.74, 6) is 0.117. The molecule has 7 nitrogen and oxygen atoms in total. The molecule has 0 fully saturated rings. The molecule has 4 aromatic rings. The van der Waals surface area contributed by atoms with Crippen molar-refractivity contribution in [1.82, 2.24) is 9.55 Å². The smallest absolute Gasteiger partial charge is 0.401 e. The second kappa shape index (κ2) is 7.54. The lowest BCUT2D eigenvalue weighted by atomic mass is 10.2. The van der Waals surface area contributed by atoms with E-state index in [2.05, 4.69) is 4.98 Å². The van der Waals surface area contributed by atoms with Crippen LogP contribution in [0.1, 0.15) is 11.6 Å². The molecule has 2 aromatic heterocycles. The van der Waals surface area contributed by atoms with E-state index in [1.54, 1.807) is 42.5 Å². The van der Waals surface area contributed by atoms with Crippen LogP contribution < -0.4 is 5.56 Å². The van der Waals surface area contributed by atoms with Crippen molar-refractivity contribution in [3.05, 3.63) is 96.7 Å². The molecular formula is C20H11Cl2N3O4. The summed E-state index contributed by atoms with van der Waals surface area (Å²) in [6.45, 7) is 0. The van der Waals surface area contributed by atoms with Gasteiger partial charge in [0.05, 0.1) is 27.7 Å². The van der Waals surface area contributed by atoms with Crippen LogP contribution in [0.5, 0.6) is 0 Å². The fourth-order valence-corrected chi connectivity index (χ4v) is 3.21.